The average Bonchev–Trinajstić information content (AvgIpc) is 3.17. The Labute approximate surface area is 147 Å². The van der Waals surface area contributed by atoms with E-state index >= 15 is 0 Å². The molecule has 1 amide bonds. The number of likely N-dealkylation sites (N-methyl/N-ethyl adjacent to an activating group) is 1. The highest BCUT2D eigenvalue weighted by Crippen LogP contribution is 2.27. The summed E-state index contributed by atoms with van der Waals surface area (Å²) in [5.74, 6) is 0.773. The molecule has 1 unspecified atom stereocenters. The highest BCUT2D eigenvalue weighted by atomic mass is 16.5. The van der Waals surface area contributed by atoms with Crippen LogP contribution < -0.4 is 4.74 Å². The number of hydrogen-bond donors (Lipinski definition) is 0. The fraction of sp³-hybridized carbons (Fsp3) is 0.316. The molecule has 0 saturated heterocycles. The molecule has 6 heteroatoms. The standard InChI is InChI=1S/C19H22N4O2/c1-4-16(23-12-6-11-21-23)19(24)22(2)13-14-8-9-17(25-3)18-15(14)7-5-10-20-18/h5-12,16H,4,13H2,1-3H3. The van der Waals surface area contributed by atoms with Crippen molar-refractivity contribution in [3.05, 3.63) is 54.5 Å². The van der Waals surface area contributed by atoms with Crippen LogP contribution in [0.1, 0.15) is 24.9 Å². The van der Waals surface area contributed by atoms with Crippen LogP contribution in [0.4, 0.5) is 0 Å². The molecule has 6 nitrogen and oxygen atoms in total. The van der Waals surface area contributed by atoms with E-state index in [1.54, 1.807) is 29.1 Å². The SMILES string of the molecule is CCC(C(=O)N(C)Cc1ccc(OC)c2ncccc12)n1cccn1. The lowest BCUT2D eigenvalue weighted by molar-refractivity contribution is -0.134. The predicted octanol–water partition coefficient (Wildman–Crippen LogP) is 3.05. The Morgan fingerprint density at radius 2 is 2.12 bits per heavy atom. The first-order valence-corrected chi connectivity index (χ1v) is 8.30. The van der Waals surface area contributed by atoms with Gasteiger partial charge in [-0.1, -0.05) is 19.1 Å². The summed E-state index contributed by atoms with van der Waals surface area (Å²) in [5, 5.41) is 5.21. The van der Waals surface area contributed by atoms with Gasteiger partial charge in [0.15, 0.2) is 0 Å². The van der Waals surface area contributed by atoms with Crippen LogP contribution in [0.15, 0.2) is 48.9 Å². The summed E-state index contributed by atoms with van der Waals surface area (Å²) in [6, 6.07) is 9.32. The predicted molar refractivity (Wildman–Crippen MR) is 96.3 cm³/mol. The minimum atomic E-state index is -0.289. The van der Waals surface area contributed by atoms with Crippen LogP contribution in [0.5, 0.6) is 5.75 Å². The van der Waals surface area contributed by atoms with Gasteiger partial charge in [0, 0.05) is 37.6 Å². The molecule has 0 saturated carbocycles. The molecule has 0 fully saturated rings. The van der Waals surface area contributed by atoms with Gasteiger partial charge >= 0.3 is 0 Å². The van der Waals surface area contributed by atoms with Crippen molar-refractivity contribution in [3.63, 3.8) is 0 Å². The molecule has 0 spiro atoms. The van der Waals surface area contributed by atoms with Crippen molar-refractivity contribution in [2.24, 2.45) is 0 Å². The Hall–Kier alpha value is -2.89. The van der Waals surface area contributed by atoms with Crippen LogP contribution in [0, 0.1) is 0 Å². The Bertz CT molecular complexity index is 861. The molecule has 25 heavy (non-hydrogen) atoms. The van der Waals surface area contributed by atoms with Crippen LogP contribution in [0.2, 0.25) is 0 Å². The number of pyridine rings is 1. The molecule has 0 aliphatic carbocycles. The normalized spacial score (nSPS) is 12.1. The van der Waals surface area contributed by atoms with Gasteiger partial charge in [-0.3, -0.25) is 14.5 Å². The molecule has 0 bridgehead atoms. The summed E-state index contributed by atoms with van der Waals surface area (Å²) in [5.41, 5.74) is 1.84. The number of aromatic nitrogens is 3. The Balaban J connectivity index is 1.87. The summed E-state index contributed by atoms with van der Waals surface area (Å²) < 4.78 is 7.10. The maximum absolute atomic E-state index is 12.9. The third-order valence-electron chi connectivity index (χ3n) is 4.34. The third-order valence-corrected chi connectivity index (χ3v) is 4.34. The molecule has 3 aromatic rings. The summed E-state index contributed by atoms with van der Waals surface area (Å²) in [4.78, 5) is 19.0. The van der Waals surface area contributed by atoms with E-state index in [0.29, 0.717) is 13.0 Å². The summed E-state index contributed by atoms with van der Waals surface area (Å²) in [7, 11) is 3.45. The van der Waals surface area contributed by atoms with Gasteiger partial charge in [-0.15, -0.1) is 0 Å². The molecular weight excluding hydrogens is 316 g/mol. The van der Waals surface area contributed by atoms with Crippen molar-refractivity contribution < 1.29 is 9.53 Å². The average molecular weight is 338 g/mol. The molecule has 0 radical (unpaired) electrons. The zero-order chi connectivity index (χ0) is 17.8. The van der Waals surface area contributed by atoms with Gasteiger partial charge in [0.25, 0.3) is 0 Å². The molecule has 2 heterocycles. The van der Waals surface area contributed by atoms with E-state index in [0.717, 1.165) is 22.2 Å². The molecule has 0 aliphatic rings. The molecular formula is C19H22N4O2. The van der Waals surface area contributed by atoms with Gasteiger partial charge in [-0.25, -0.2) is 0 Å². The second-order valence-corrected chi connectivity index (χ2v) is 5.93. The number of ether oxygens (including phenoxy) is 1. The van der Waals surface area contributed by atoms with E-state index in [9.17, 15) is 4.79 Å². The lowest BCUT2D eigenvalue weighted by Gasteiger charge is -2.24. The first-order chi connectivity index (χ1) is 12.2. The van der Waals surface area contributed by atoms with E-state index in [1.165, 1.54) is 0 Å². The lowest BCUT2D eigenvalue weighted by atomic mass is 10.1. The van der Waals surface area contributed by atoms with Crippen molar-refractivity contribution in [3.8, 4) is 5.75 Å². The van der Waals surface area contributed by atoms with Gasteiger partial charge in [-0.05, 0) is 30.2 Å². The quantitative estimate of drug-likeness (QED) is 0.693. The molecule has 0 N–H and O–H groups in total. The largest absolute Gasteiger partial charge is 0.494 e. The van der Waals surface area contributed by atoms with Crippen molar-refractivity contribution in [1.82, 2.24) is 19.7 Å². The molecule has 3 rings (SSSR count). The summed E-state index contributed by atoms with van der Waals surface area (Å²) in [6.07, 6.45) is 5.95. The number of hydrogen-bond acceptors (Lipinski definition) is 4. The lowest BCUT2D eigenvalue weighted by Crippen LogP contribution is -2.34. The van der Waals surface area contributed by atoms with E-state index in [-0.39, 0.29) is 11.9 Å². The first-order valence-electron chi connectivity index (χ1n) is 8.30. The zero-order valence-corrected chi connectivity index (χ0v) is 14.7. The summed E-state index contributed by atoms with van der Waals surface area (Å²) in [6.45, 7) is 2.49. The number of amides is 1. The van der Waals surface area contributed by atoms with Gasteiger partial charge < -0.3 is 9.64 Å². The van der Waals surface area contributed by atoms with Gasteiger partial charge in [0.2, 0.25) is 5.91 Å². The molecule has 2 aromatic heterocycles. The number of methoxy groups -OCH3 is 1. The topological polar surface area (TPSA) is 60.3 Å². The van der Waals surface area contributed by atoms with Gasteiger partial charge in [0.1, 0.15) is 17.3 Å². The monoisotopic (exact) mass is 338 g/mol. The number of rotatable bonds is 6. The number of fused-ring (bicyclic) bond motifs is 1. The van der Waals surface area contributed by atoms with Crippen molar-refractivity contribution in [2.45, 2.75) is 25.9 Å². The fourth-order valence-corrected chi connectivity index (χ4v) is 3.04. The van der Waals surface area contributed by atoms with Crippen LogP contribution >= 0.6 is 0 Å². The minimum absolute atomic E-state index is 0.0408. The Morgan fingerprint density at radius 1 is 1.28 bits per heavy atom. The Kier molecular flexibility index (Phi) is 4.97. The van der Waals surface area contributed by atoms with Gasteiger partial charge in [0.05, 0.1) is 7.11 Å². The van der Waals surface area contributed by atoms with E-state index in [1.807, 2.05) is 50.5 Å². The summed E-state index contributed by atoms with van der Waals surface area (Å²) >= 11 is 0. The van der Waals surface area contributed by atoms with E-state index in [2.05, 4.69) is 10.1 Å². The maximum atomic E-state index is 12.9. The third kappa shape index (κ3) is 3.33. The van der Waals surface area contributed by atoms with E-state index < -0.39 is 0 Å². The molecule has 1 atom stereocenters. The van der Waals surface area contributed by atoms with Crippen LogP contribution in [0.3, 0.4) is 0 Å². The van der Waals surface area contributed by atoms with Crippen molar-refractivity contribution >= 4 is 16.8 Å². The molecule has 0 aliphatic heterocycles. The second-order valence-electron chi connectivity index (χ2n) is 5.93. The van der Waals surface area contributed by atoms with Crippen LogP contribution in [0.25, 0.3) is 10.9 Å². The zero-order valence-electron chi connectivity index (χ0n) is 14.7. The number of nitrogens with zero attached hydrogens (tertiary/aromatic N) is 4. The smallest absolute Gasteiger partial charge is 0.247 e. The fourth-order valence-electron chi connectivity index (χ4n) is 3.04. The molecule has 130 valence electrons. The maximum Gasteiger partial charge on any atom is 0.247 e. The van der Waals surface area contributed by atoms with Gasteiger partial charge in [-0.2, -0.15) is 5.10 Å². The van der Waals surface area contributed by atoms with Crippen LogP contribution in [-0.2, 0) is 11.3 Å². The Morgan fingerprint density at radius 3 is 2.80 bits per heavy atom. The highest BCUT2D eigenvalue weighted by molar-refractivity contribution is 5.88. The highest BCUT2D eigenvalue weighted by Gasteiger charge is 2.23. The molecule has 1 aromatic carbocycles. The number of benzene rings is 1. The second kappa shape index (κ2) is 7.34. The number of carbonyl (C=O) groups is 1. The van der Waals surface area contributed by atoms with E-state index in [4.69, 9.17) is 4.74 Å². The van der Waals surface area contributed by atoms with Crippen molar-refractivity contribution in [2.75, 3.05) is 14.2 Å². The first kappa shape index (κ1) is 17.0. The van der Waals surface area contributed by atoms with Crippen LogP contribution in [-0.4, -0.2) is 39.7 Å². The minimum Gasteiger partial charge on any atom is -0.494 e. The number of carbonyl (C=O) groups excluding carboxylic acids is 1. The van der Waals surface area contributed by atoms with Crippen molar-refractivity contribution in [1.29, 1.82) is 0 Å².